The van der Waals surface area contributed by atoms with Gasteiger partial charge in [0.1, 0.15) is 11.9 Å². The first-order valence-corrected chi connectivity index (χ1v) is 8.38. The van der Waals surface area contributed by atoms with Crippen molar-refractivity contribution in [3.63, 3.8) is 0 Å². The van der Waals surface area contributed by atoms with Gasteiger partial charge in [-0.2, -0.15) is 5.10 Å². The molecule has 1 aromatic heterocycles. The molecule has 0 saturated carbocycles. The van der Waals surface area contributed by atoms with Crippen LogP contribution in [0.5, 0.6) is 0 Å². The van der Waals surface area contributed by atoms with Crippen LogP contribution in [0.2, 0.25) is 0 Å². The number of ether oxygens (including phenoxy) is 1. The normalized spacial score (nSPS) is 26.0. The van der Waals surface area contributed by atoms with Gasteiger partial charge in [-0.05, 0) is 30.5 Å². The van der Waals surface area contributed by atoms with E-state index in [-0.39, 0.29) is 29.8 Å². The summed E-state index contributed by atoms with van der Waals surface area (Å²) >= 11 is 0. The van der Waals surface area contributed by atoms with Crippen LogP contribution in [-0.4, -0.2) is 34.9 Å². The average Bonchev–Trinajstić information content (AvgIpc) is 3.36. The molecule has 0 bridgehead atoms. The molecule has 1 amide bonds. The minimum atomic E-state index is -0.367. The smallest absolute Gasteiger partial charge is 0.243 e. The first-order valence-electron chi connectivity index (χ1n) is 8.38. The molecule has 2 saturated heterocycles. The SMILES string of the molecule is O=C(Nc1cnn(C2CCOC2)c1)C1CC(c2ccc(F)cc2)NN1. The molecule has 7 nitrogen and oxygen atoms in total. The van der Waals surface area contributed by atoms with E-state index < -0.39 is 0 Å². The van der Waals surface area contributed by atoms with Crippen molar-refractivity contribution >= 4 is 11.6 Å². The molecule has 0 aliphatic carbocycles. The fourth-order valence-corrected chi connectivity index (χ4v) is 3.20. The molecule has 3 unspecified atom stereocenters. The van der Waals surface area contributed by atoms with Crippen molar-refractivity contribution in [2.24, 2.45) is 0 Å². The number of anilines is 1. The number of carbonyl (C=O) groups is 1. The van der Waals surface area contributed by atoms with E-state index in [2.05, 4.69) is 21.3 Å². The highest BCUT2D eigenvalue weighted by molar-refractivity contribution is 5.94. The second-order valence-corrected chi connectivity index (χ2v) is 6.40. The lowest BCUT2D eigenvalue weighted by Gasteiger charge is -2.10. The molecule has 0 spiro atoms. The zero-order chi connectivity index (χ0) is 17.2. The lowest BCUT2D eigenvalue weighted by molar-refractivity contribution is -0.117. The van der Waals surface area contributed by atoms with Gasteiger partial charge in [0.25, 0.3) is 0 Å². The van der Waals surface area contributed by atoms with Gasteiger partial charge in [-0.25, -0.2) is 15.2 Å². The molecule has 2 aliphatic heterocycles. The van der Waals surface area contributed by atoms with E-state index in [0.717, 1.165) is 18.6 Å². The number of amides is 1. The van der Waals surface area contributed by atoms with Gasteiger partial charge in [0, 0.05) is 18.8 Å². The van der Waals surface area contributed by atoms with Gasteiger partial charge in [-0.15, -0.1) is 0 Å². The van der Waals surface area contributed by atoms with Crippen molar-refractivity contribution in [1.82, 2.24) is 20.6 Å². The quantitative estimate of drug-likeness (QED) is 0.783. The summed E-state index contributed by atoms with van der Waals surface area (Å²) in [6.07, 6.45) is 5.00. The molecule has 0 radical (unpaired) electrons. The van der Waals surface area contributed by atoms with Crippen LogP contribution >= 0.6 is 0 Å². The fourth-order valence-electron chi connectivity index (χ4n) is 3.20. The maximum absolute atomic E-state index is 13.0. The number of benzene rings is 1. The van der Waals surface area contributed by atoms with Crippen LogP contribution < -0.4 is 16.2 Å². The molecule has 2 aliphatic rings. The maximum Gasteiger partial charge on any atom is 0.243 e. The Morgan fingerprint density at radius 2 is 2.16 bits per heavy atom. The third kappa shape index (κ3) is 3.55. The largest absolute Gasteiger partial charge is 0.379 e. The highest BCUT2D eigenvalue weighted by Crippen LogP contribution is 2.24. The number of aromatic nitrogens is 2. The second-order valence-electron chi connectivity index (χ2n) is 6.40. The number of hydrogen-bond acceptors (Lipinski definition) is 5. The standard InChI is InChI=1S/C17H20FN5O2/c18-12-3-1-11(2-4-12)15-7-16(22-21-15)17(24)20-13-8-19-23(9-13)14-5-6-25-10-14/h1-4,8-9,14-16,21-22H,5-7,10H2,(H,20,24). The molecule has 2 aromatic rings. The highest BCUT2D eigenvalue weighted by Gasteiger charge is 2.30. The van der Waals surface area contributed by atoms with Crippen LogP contribution in [0.15, 0.2) is 36.7 Å². The summed E-state index contributed by atoms with van der Waals surface area (Å²) in [7, 11) is 0. The van der Waals surface area contributed by atoms with E-state index in [4.69, 9.17) is 4.74 Å². The Hall–Kier alpha value is -2.29. The third-order valence-corrected chi connectivity index (χ3v) is 4.64. The number of hydrogen-bond donors (Lipinski definition) is 3. The Bertz CT molecular complexity index is 742. The summed E-state index contributed by atoms with van der Waals surface area (Å²) in [5.41, 5.74) is 7.70. The maximum atomic E-state index is 13.0. The monoisotopic (exact) mass is 345 g/mol. The first-order chi connectivity index (χ1) is 12.2. The van der Waals surface area contributed by atoms with Gasteiger partial charge >= 0.3 is 0 Å². The summed E-state index contributed by atoms with van der Waals surface area (Å²) in [5, 5.41) is 7.18. The minimum Gasteiger partial charge on any atom is -0.379 e. The van der Waals surface area contributed by atoms with E-state index in [1.54, 1.807) is 18.3 Å². The van der Waals surface area contributed by atoms with Crippen molar-refractivity contribution in [3.8, 4) is 0 Å². The Labute approximate surface area is 144 Å². The summed E-state index contributed by atoms with van der Waals surface area (Å²) in [4.78, 5) is 12.4. The van der Waals surface area contributed by atoms with Crippen LogP contribution in [-0.2, 0) is 9.53 Å². The van der Waals surface area contributed by atoms with Gasteiger partial charge in [0.15, 0.2) is 0 Å². The zero-order valence-corrected chi connectivity index (χ0v) is 13.6. The second kappa shape index (κ2) is 6.91. The van der Waals surface area contributed by atoms with Crippen LogP contribution in [0.3, 0.4) is 0 Å². The third-order valence-electron chi connectivity index (χ3n) is 4.64. The summed E-state index contributed by atoms with van der Waals surface area (Å²) < 4.78 is 20.2. The topological polar surface area (TPSA) is 80.2 Å². The number of halogens is 1. The van der Waals surface area contributed by atoms with E-state index in [1.165, 1.54) is 12.1 Å². The number of rotatable bonds is 4. The van der Waals surface area contributed by atoms with E-state index in [0.29, 0.717) is 18.7 Å². The Kier molecular flexibility index (Phi) is 4.48. The van der Waals surface area contributed by atoms with Crippen molar-refractivity contribution in [1.29, 1.82) is 0 Å². The van der Waals surface area contributed by atoms with Gasteiger partial charge in [-0.1, -0.05) is 12.1 Å². The molecular weight excluding hydrogens is 325 g/mol. The molecule has 3 N–H and O–H groups in total. The molecule has 25 heavy (non-hydrogen) atoms. The summed E-state index contributed by atoms with van der Waals surface area (Å²) in [6.45, 7) is 1.40. The summed E-state index contributed by atoms with van der Waals surface area (Å²) in [5.74, 6) is -0.395. The van der Waals surface area contributed by atoms with E-state index in [1.807, 2.05) is 10.9 Å². The Balaban J connectivity index is 1.35. The van der Waals surface area contributed by atoms with Gasteiger partial charge in [-0.3, -0.25) is 9.48 Å². The van der Waals surface area contributed by atoms with Gasteiger partial charge < -0.3 is 10.1 Å². The predicted octanol–water partition coefficient (Wildman–Crippen LogP) is 1.53. The molecule has 3 atom stereocenters. The Morgan fingerprint density at radius 1 is 1.32 bits per heavy atom. The lowest BCUT2D eigenvalue weighted by Crippen LogP contribution is -2.39. The molecule has 2 fully saturated rings. The Morgan fingerprint density at radius 3 is 2.92 bits per heavy atom. The molecule has 4 rings (SSSR count). The van der Waals surface area contributed by atoms with Crippen molar-refractivity contribution in [3.05, 3.63) is 48.0 Å². The average molecular weight is 345 g/mol. The molecule has 132 valence electrons. The highest BCUT2D eigenvalue weighted by atomic mass is 19.1. The fraction of sp³-hybridized carbons (Fsp3) is 0.412. The number of carbonyl (C=O) groups excluding carboxylic acids is 1. The van der Waals surface area contributed by atoms with Crippen molar-refractivity contribution in [2.45, 2.75) is 31.0 Å². The molecule has 3 heterocycles. The number of nitrogens with one attached hydrogen (secondary N) is 3. The minimum absolute atomic E-state index is 0.0327. The van der Waals surface area contributed by atoms with Gasteiger partial charge in [0.2, 0.25) is 5.91 Å². The first kappa shape index (κ1) is 16.2. The van der Waals surface area contributed by atoms with Crippen LogP contribution in [0.4, 0.5) is 10.1 Å². The molecule has 8 heteroatoms. The van der Waals surface area contributed by atoms with Gasteiger partial charge in [0.05, 0.1) is 24.5 Å². The van der Waals surface area contributed by atoms with Crippen molar-refractivity contribution in [2.75, 3.05) is 18.5 Å². The number of nitrogens with zero attached hydrogens (tertiary/aromatic N) is 2. The lowest BCUT2D eigenvalue weighted by atomic mass is 10.0. The van der Waals surface area contributed by atoms with Crippen LogP contribution in [0.25, 0.3) is 0 Å². The van der Waals surface area contributed by atoms with E-state index >= 15 is 0 Å². The van der Waals surface area contributed by atoms with Crippen LogP contribution in [0.1, 0.15) is 30.5 Å². The van der Waals surface area contributed by atoms with E-state index in [9.17, 15) is 9.18 Å². The molecule has 1 aromatic carbocycles. The van der Waals surface area contributed by atoms with Crippen LogP contribution in [0, 0.1) is 5.82 Å². The number of hydrazine groups is 1. The summed E-state index contributed by atoms with van der Waals surface area (Å²) in [6, 6.07) is 6.13. The molecular formula is C17H20FN5O2. The van der Waals surface area contributed by atoms with Crippen molar-refractivity contribution < 1.29 is 13.9 Å². The zero-order valence-electron chi connectivity index (χ0n) is 13.6. The predicted molar refractivity (Wildman–Crippen MR) is 89.1 cm³/mol.